The Bertz CT molecular complexity index is 2610. The average molecular weight is 824 g/mol. The molecule has 4 aromatic carbocycles. The van der Waals surface area contributed by atoms with Crippen LogP contribution in [-0.2, 0) is 47.2 Å². The number of imidazole rings is 1. The number of aryl methyl sites for hydroxylation is 4. The first kappa shape index (κ1) is 41.7. The Morgan fingerprint density at radius 3 is 2.31 bits per heavy atom. The number of hydrogen-bond donors (Lipinski definition) is 5. The van der Waals surface area contributed by atoms with Crippen LogP contribution < -0.4 is 22.1 Å². The molecule has 3 amide bonds. The van der Waals surface area contributed by atoms with E-state index in [0.717, 1.165) is 49.8 Å². The van der Waals surface area contributed by atoms with Crippen molar-refractivity contribution in [1.29, 1.82) is 0 Å². The van der Waals surface area contributed by atoms with Crippen LogP contribution in [0.25, 0.3) is 22.0 Å². The predicted molar refractivity (Wildman–Crippen MR) is 230 cm³/mol. The summed E-state index contributed by atoms with van der Waals surface area (Å²) in [6, 6.07) is 27.4. The van der Waals surface area contributed by atoms with E-state index in [9.17, 15) is 19.5 Å². The van der Waals surface area contributed by atoms with Crippen molar-refractivity contribution in [3.63, 3.8) is 0 Å². The van der Waals surface area contributed by atoms with Crippen LogP contribution in [0.2, 0.25) is 0 Å². The minimum absolute atomic E-state index is 0.0411. The quantitative estimate of drug-likeness (QED) is 0.0722. The number of nitrogens with zero attached hydrogens (tertiary/aromatic N) is 5. The van der Waals surface area contributed by atoms with E-state index in [0.29, 0.717) is 31.2 Å². The Morgan fingerprint density at radius 2 is 1.61 bits per heavy atom. The number of nitrogens with two attached hydrogens (primary N) is 2. The van der Waals surface area contributed by atoms with Crippen LogP contribution in [0, 0.1) is 13.8 Å². The lowest BCUT2D eigenvalue weighted by atomic mass is 9.95. The normalized spacial score (nSPS) is 12.8. The zero-order chi connectivity index (χ0) is 43.0. The van der Waals surface area contributed by atoms with E-state index in [1.54, 1.807) is 29.1 Å². The van der Waals surface area contributed by atoms with Crippen molar-refractivity contribution in [2.24, 2.45) is 12.8 Å². The number of rotatable bonds is 17. The summed E-state index contributed by atoms with van der Waals surface area (Å²) >= 11 is 0. The molecule has 7 aromatic rings. The maximum atomic E-state index is 14.7. The molecule has 0 bridgehead atoms. The monoisotopic (exact) mass is 823 g/mol. The molecule has 0 aliphatic carbocycles. The number of nitrogens with one attached hydrogen (secondary N) is 2. The van der Waals surface area contributed by atoms with E-state index in [-0.39, 0.29) is 30.9 Å². The summed E-state index contributed by atoms with van der Waals surface area (Å²) in [6.45, 7) is 4.03. The largest absolute Gasteiger partial charge is 0.508 e. The number of nitrogen functional groups attached to an aromatic ring is 1. The van der Waals surface area contributed by atoms with Gasteiger partial charge in [-0.05, 0) is 83.8 Å². The van der Waals surface area contributed by atoms with Gasteiger partial charge in [0.15, 0.2) is 17.9 Å². The van der Waals surface area contributed by atoms with Gasteiger partial charge < -0.3 is 45.6 Å². The fourth-order valence-corrected chi connectivity index (χ4v) is 7.72. The number of primary amides is 1. The van der Waals surface area contributed by atoms with Crippen LogP contribution in [0.15, 0.2) is 114 Å². The Labute approximate surface area is 352 Å². The number of aromatic nitrogens is 5. The van der Waals surface area contributed by atoms with Gasteiger partial charge in [-0.3, -0.25) is 9.59 Å². The van der Waals surface area contributed by atoms with Crippen molar-refractivity contribution < 1.29 is 28.8 Å². The number of fused-ring (bicyclic) bond motifs is 1. The molecular weight excluding hydrogens is 775 g/mol. The van der Waals surface area contributed by atoms with Gasteiger partial charge in [-0.25, -0.2) is 9.78 Å². The second-order valence-corrected chi connectivity index (χ2v) is 15.2. The van der Waals surface area contributed by atoms with Crippen LogP contribution in [-0.4, -0.2) is 59.4 Å². The second kappa shape index (κ2) is 18.7. The number of anilines is 1. The van der Waals surface area contributed by atoms with E-state index in [2.05, 4.69) is 45.0 Å². The number of carbonyl (C=O) groups excluding carboxylic acids is 3. The SMILES string of the molecule is Cc1cc(O)cc(C)c1C[C@H](NC(=O)[C@@H](CCCn1ccnc1N)OC(N)=O)C(=O)N[C@@H](Cc1cn(C)c2ccccc12)c1nc(Cc2ccc(-c3ccccc3)cc2)no1. The zero-order valence-electron chi connectivity index (χ0n) is 34.2. The minimum atomic E-state index is -1.31. The number of aromatic hydroxyl groups is 1. The van der Waals surface area contributed by atoms with Crippen molar-refractivity contribution in [3.8, 4) is 16.9 Å². The van der Waals surface area contributed by atoms with E-state index in [1.165, 1.54) is 0 Å². The Morgan fingerprint density at radius 1 is 0.902 bits per heavy atom. The van der Waals surface area contributed by atoms with Crippen molar-refractivity contribution in [1.82, 2.24) is 34.9 Å². The van der Waals surface area contributed by atoms with Gasteiger partial charge in [0.25, 0.3) is 5.91 Å². The van der Waals surface area contributed by atoms with Crippen molar-refractivity contribution in [3.05, 3.63) is 149 Å². The molecule has 61 heavy (non-hydrogen) atoms. The van der Waals surface area contributed by atoms with Gasteiger partial charge in [0.2, 0.25) is 11.8 Å². The minimum Gasteiger partial charge on any atom is -0.508 e. The number of hydrogen-bond acceptors (Lipinski definition) is 10. The lowest BCUT2D eigenvalue weighted by Crippen LogP contribution is -2.52. The molecule has 7 rings (SSSR count). The third-order valence-corrected chi connectivity index (χ3v) is 10.8. The van der Waals surface area contributed by atoms with E-state index in [1.807, 2.05) is 86.3 Å². The highest BCUT2D eigenvalue weighted by Gasteiger charge is 2.32. The number of benzene rings is 4. The summed E-state index contributed by atoms with van der Waals surface area (Å²) in [7, 11) is 1.95. The number of phenols is 1. The predicted octanol–water partition coefficient (Wildman–Crippen LogP) is 5.99. The molecule has 0 aliphatic heterocycles. The smallest absolute Gasteiger partial charge is 0.405 e. The maximum Gasteiger partial charge on any atom is 0.405 e. The molecule has 7 N–H and O–H groups in total. The summed E-state index contributed by atoms with van der Waals surface area (Å²) in [4.78, 5) is 49.5. The van der Waals surface area contributed by atoms with Crippen molar-refractivity contribution in [2.45, 2.75) is 70.7 Å². The van der Waals surface area contributed by atoms with E-state index in [4.69, 9.17) is 25.7 Å². The van der Waals surface area contributed by atoms with Crippen LogP contribution >= 0.6 is 0 Å². The highest BCUT2D eigenvalue weighted by molar-refractivity contribution is 5.91. The van der Waals surface area contributed by atoms with Gasteiger partial charge in [0.05, 0.1) is 0 Å². The van der Waals surface area contributed by atoms with Crippen LogP contribution in [0.1, 0.15) is 58.4 Å². The first-order valence-electron chi connectivity index (χ1n) is 20.0. The Kier molecular flexibility index (Phi) is 12.8. The third-order valence-electron chi connectivity index (χ3n) is 10.8. The molecule has 314 valence electrons. The summed E-state index contributed by atoms with van der Waals surface area (Å²) in [5.74, 6) is -0.262. The molecule has 15 nitrogen and oxygen atoms in total. The van der Waals surface area contributed by atoms with Gasteiger partial charge in [-0.2, -0.15) is 4.98 Å². The molecule has 3 atom stereocenters. The first-order valence-corrected chi connectivity index (χ1v) is 20.0. The fourth-order valence-electron chi connectivity index (χ4n) is 7.72. The van der Waals surface area contributed by atoms with Gasteiger partial charge in [-0.1, -0.05) is 78.0 Å². The van der Waals surface area contributed by atoms with Gasteiger partial charge in [-0.15, -0.1) is 0 Å². The van der Waals surface area contributed by atoms with Gasteiger partial charge in [0.1, 0.15) is 17.8 Å². The number of amides is 3. The summed E-state index contributed by atoms with van der Waals surface area (Å²) < 4.78 is 14.9. The van der Waals surface area contributed by atoms with E-state index < -0.39 is 36.1 Å². The number of phenolic OH excluding ortho intramolecular Hbond substituents is 1. The zero-order valence-corrected chi connectivity index (χ0v) is 34.2. The lowest BCUT2D eigenvalue weighted by molar-refractivity contribution is -0.134. The van der Waals surface area contributed by atoms with Crippen LogP contribution in [0.3, 0.4) is 0 Å². The molecule has 0 aliphatic rings. The summed E-state index contributed by atoms with van der Waals surface area (Å²) in [5.41, 5.74) is 18.6. The highest BCUT2D eigenvalue weighted by Crippen LogP contribution is 2.28. The third kappa shape index (κ3) is 10.2. The lowest BCUT2D eigenvalue weighted by Gasteiger charge is -2.25. The molecule has 3 aromatic heterocycles. The number of carbonyl (C=O) groups is 3. The first-order chi connectivity index (χ1) is 29.4. The molecular formula is C46H49N9O6. The maximum absolute atomic E-state index is 14.7. The highest BCUT2D eigenvalue weighted by atomic mass is 16.6. The second-order valence-electron chi connectivity index (χ2n) is 15.2. The van der Waals surface area contributed by atoms with Crippen LogP contribution in [0.5, 0.6) is 5.75 Å². The molecule has 0 unspecified atom stereocenters. The Balaban J connectivity index is 1.17. The fraction of sp³-hybridized carbons (Fsp3) is 0.261. The average Bonchev–Trinajstić information content (AvgIpc) is 3.97. The molecule has 0 saturated heterocycles. The van der Waals surface area contributed by atoms with Gasteiger partial charge in [0, 0.05) is 62.3 Å². The molecule has 0 spiro atoms. The molecule has 0 fully saturated rings. The Hall–Kier alpha value is -7.42. The molecule has 0 radical (unpaired) electrons. The number of ether oxygens (including phenoxy) is 1. The molecule has 0 saturated carbocycles. The standard InChI is InChI=1S/C46H49N9O6/c1-28-22-34(56)23-29(2)36(28)26-37(50-43(58)40(60-46(48)59)14-9-20-55-21-19-49-45(55)47)42(57)51-38(25-33-27-54(3)39-13-8-7-12-35(33)39)44-52-41(53-61-44)24-30-15-17-32(18-16-30)31-10-5-4-6-11-31/h4-8,10-13,15-19,21-23,27,37-38,40,56H,9,14,20,24-26H2,1-3H3,(H2,47,49)(H2,48,59)(H,50,58)(H,51,57)/t37-,38-,40+/m0/s1. The van der Waals surface area contributed by atoms with E-state index >= 15 is 0 Å². The van der Waals surface area contributed by atoms with Crippen molar-refractivity contribution >= 4 is 34.8 Å². The topological polar surface area (TPSA) is 218 Å². The van der Waals surface area contributed by atoms with Gasteiger partial charge >= 0.3 is 6.09 Å². The van der Waals surface area contributed by atoms with Crippen LogP contribution in [0.4, 0.5) is 10.7 Å². The van der Waals surface area contributed by atoms with Crippen molar-refractivity contribution in [2.75, 3.05) is 5.73 Å². The summed E-state index contributed by atoms with van der Waals surface area (Å²) in [6.07, 6.45) is 3.98. The number of para-hydroxylation sites is 1. The summed E-state index contributed by atoms with van der Waals surface area (Å²) in [5, 5.41) is 21.6. The molecule has 3 heterocycles. The molecule has 15 heteroatoms.